The van der Waals surface area contributed by atoms with Crippen LogP contribution in [0.4, 0.5) is 17.1 Å². The van der Waals surface area contributed by atoms with Crippen LogP contribution in [0, 0.1) is 0 Å². The van der Waals surface area contributed by atoms with Gasteiger partial charge in [-0.1, -0.05) is 57.2 Å². The summed E-state index contributed by atoms with van der Waals surface area (Å²) in [6.07, 6.45) is 2.22. The van der Waals surface area contributed by atoms with Crippen LogP contribution in [-0.4, -0.2) is 0 Å². The van der Waals surface area contributed by atoms with Gasteiger partial charge < -0.3 is 16.4 Å². The zero-order chi connectivity index (χ0) is 20.6. The van der Waals surface area contributed by atoms with Gasteiger partial charge in [0.2, 0.25) is 0 Å². The molecule has 0 unspecified atom stereocenters. The van der Waals surface area contributed by atoms with Crippen molar-refractivity contribution in [2.24, 2.45) is 0 Å². The summed E-state index contributed by atoms with van der Waals surface area (Å²) in [4.78, 5) is 2.57. The Kier molecular flexibility index (Phi) is 4.99. The van der Waals surface area contributed by atoms with Crippen molar-refractivity contribution in [2.45, 2.75) is 51.1 Å². The summed E-state index contributed by atoms with van der Waals surface area (Å²) in [6, 6.07) is 26.5. The Morgan fingerprint density at radius 2 is 1.07 bits per heavy atom. The van der Waals surface area contributed by atoms with Crippen molar-refractivity contribution in [3.63, 3.8) is 0 Å². The molecule has 3 aromatic carbocycles. The highest BCUT2D eigenvalue weighted by Crippen LogP contribution is 2.47. The quantitative estimate of drug-likeness (QED) is 0.525. The van der Waals surface area contributed by atoms with Crippen LogP contribution in [0.2, 0.25) is 0 Å². The number of nitrogen functional groups attached to an aromatic ring is 2. The van der Waals surface area contributed by atoms with E-state index in [4.69, 9.17) is 11.5 Å². The molecule has 29 heavy (non-hydrogen) atoms. The zero-order valence-electron chi connectivity index (χ0n) is 17.6. The maximum atomic E-state index is 5.94. The fourth-order valence-corrected chi connectivity index (χ4v) is 4.40. The molecule has 4 rings (SSSR count). The Morgan fingerprint density at radius 1 is 0.655 bits per heavy atom. The van der Waals surface area contributed by atoms with E-state index in [-0.39, 0.29) is 5.41 Å². The second-order valence-corrected chi connectivity index (χ2v) is 9.15. The lowest BCUT2D eigenvalue weighted by Gasteiger charge is -2.34. The molecule has 3 heteroatoms. The topological polar surface area (TPSA) is 55.3 Å². The van der Waals surface area contributed by atoms with Gasteiger partial charge >= 0.3 is 0 Å². The highest BCUT2D eigenvalue weighted by molar-refractivity contribution is 5.56. The van der Waals surface area contributed by atoms with Crippen LogP contribution >= 0.6 is 0 Å². The van der Waals surface area contributed by atoms with Gasteiger partial charge in [-0.05, 0) is 71.3 Å². The number of anilines is 3. The number of hydrogen-bond acceptors (Lipinski definition) is 3. The Hall–Kier alpha value is -2.94. The van der Waals surface area contributed by atoms with Crippen LogP contribution in [0.3, 0.4) is 0 Å². The lowest BCUT2D eigenvalue weighted by molar-refractivity contribution is 0.589. The molecule has 4 N–H and O–H groups in total. The minimum Gasteiger partial charge on any atom is -0.399 e. The maximum Gasteiger partial charge on any atom is 0.0549 e. The van der Waals surface area contributed by atoms with E-state index < -0.39 is 0 Å². The number of hydrogen-bond donors (Lipinski definition) is 2. The summed E-state index contributed by atoms with van der Waals surface area (Å²) >= 11 is 0. The molecule has 0 radical (unpaired) electrons. The molecule has 1 aliphatic rings. The van der Waals surface area contributed by atoms with E-state index in [9.17, 15) is 0 Å². The molecule has 1 saturated heterocycles. The standard InChI is InChI=1S/C26H31N3/c1-26(2,3)20-8-14-23(15-9-20)29-24(18-4-10-21(27)11-5-18)16-17-25(29)19-6-12-22(28)13-7-19/h4-15,24-25H,16-17,27-28H2,1-3H3/t24-,25-/m0/s1. The number of rotatable bonds is 3. The second-order valence-electron chi connectivity index (χ2n) is 9.15. The number of benzene rings is 3. The van der Waals surface area contributed by atoms with Gasteiger partial charge in [0, 0.05) is 17.1 Å². The predicted molar refractivity (Wildman–Crippen MR) is 124 cm³/mol. The van der Waals surface area contributed by atoms with Crippen LogP contribution in [0.15, 0.2) is 72.8 Å². The lowest BCUT2D eigenvalue weighted by Crippen LogP contribution is -2.26. The van der Waals surface area contributed by atoms with E-state index in [0.717, 1.165) is 24.2 Å². The first-order valence-electron chi connectivity index (χ1n) is 10.4. The molecule has 0 bridgehead atoms. The molecule has 150 valence electrons. The predicted octanol–water partition coefficient (Wildman–Crippen LogP) is 6.23. The smallest absolute Gasteiger partial charge is 0.0549 e. The first-order chi connectivity index (χ1) is 13.8. The van der Waals surface area contributed by atoms with Crippen molar-refractivity contribution in [3.8, 4) is 0 Å². The third kappa shape index (κ3) is 3.95. The first kappa shape index (κ1) is 19.4. The van der Waals surface area contributed by atoms with Crippen LogP contribution in [-0.2, 0) is 5.41 Å². The van der Waals surface area contributed by atoms with Crippen LogP contribution in [0.25, 0.3) is 0 Å². The monoisotopic (exact) mass is 385 g/mol. The molecule has 3 nitrogen and oxygen atoms in total. The molecule has 0 aromatic heterocycles. The van der Waals surface area contributed by atoms with Gasteiger partial charge in [-0.25, -0.2) is 0 Å². The number of nitrogens with zero attached hydrogens (tertiary/aromatic N) is 1. The van der Waals surface area contributed by atoms with Crippen molar-refractivity contribution in [1.82, 2.24) is 0 Å². The molecular formula is C26H31N3. The molecule has 0 amide bonds. The number of nitrogens with two attached hydrogens (primary N) is 2. The molecule has 2 atom stereocenters. The van der Waals surface area contributed by atoms with Crippen LogP contribution < -0.4 is 16.4 Å². The summed E-state index contributed by atoms with van der Waals surface area (Å²) < 4.78 is 0. The van der Waals surface area contributed by atoms with Crippen molar-refractivity contribution in [1.29, 1.82) is 0 Å². The SMILES string of the molecule is CC(C)(C)c1ccc(N2[C@H](c3ccc(N)cc3)CC[C@H]2c2ccc(N)cc2)cc1. The molecule has 1 fully saturated rings. The fourth-order valence-electron chi connectivity index (χ4n) is 4.40. The molecule has 0 aliphatic carbocycles. The molecular weight excluding hydrogens is 354 g/mol. The van der Waals surface area contributed by atoms with Gasteiger partial charge in [-0.2, -0.15) is 0 Å². The molecule has 3 aromatic rings. The normalized spacial score (nSPS) is 19.5. The van der Waals surface area contributed by atoms with Crippen molar-refractivity contribution >= 4 is 17.1 Å². The summed E-state index contributed by atoms with van der Waals surface area (Å²) in [5.74, 6) is 0. The van der Waals surface area contributed by atoms with Gasteiger partial charge in [0.1, 0.15) is 0 Å². The van der Waals surface area contributed by atoms with Crippen molar-refractivity contribution in [2.75, 3.05) is 16.4 Å². The Bertz CT molecular complexity index is 897. The van der Waals surface area contributed by atoms with Crippen molar-refractivity contribution in [3.05, 3.63) is 89.5 Å². The van der Waals surface area contributed by atoms with Crippen LogP contribution in [0.1, 0.15) is 62.4 Å². The van der Waals surface area contributed by atoms with Crippen LogP contribution in [0.5, 0.6) is 0 Å². The summed E-state index contributed by atoms with van der Waals surface area (Å²) in [7, 11) is 0. The Balaban J connectivity index is 1.74. The average Bonchev–Trinajstić information content (AvgIpc) is 3.13. The lowest BCUT2D eigenvalue weighted by atomic mass is 9.87. The summed E-state index contributed by atoms with van der Waals surface area (Å²) in [5.41, 5.74) is 18.9. The zero-order valence-corrected chi connectivity index (χ0v) is 17.6. The third-order valence-electron chi connectivity index (χ3n) is 6.06. The first-order valence-corrected chi connectivity index (χ1v) is 10.4. The van der Waals surface area contributed by atoms with E-state index in [1.54, 1.807) is 0 Å². The molecule has 1 aliphatic heterocycles. The third-order valence-corrected chi connectivity index (χ3v) is 6.06. The van der Waals surface area contributed by atoms with E-state index >= 15 is 0 Å². The van der Waals surface area contributed by atoms with Gasteiger partial charge in [0.25, 0.3) is 0 Å². The molecule has 0 saturated carbocycles. The minimum atomic E-state index is 0.149. The highest BCUT2D eigenvalue weighted by atomic mass is 15.2. The summed E-state index contributed by atoms with van der Waals surface area (Å²) in [6.45, 7) is 6.77. The minimum absolute atomic E-state index is 0.149. The average molecular weight is 386 g/mol. The Labute approximate surface area is 174 Å². The molecule has 0 spiro atoms. The summed E-state index contributed by atoms with van der Waals surface area (Å²) in [5, 5.41) is 0. The maximum absolute atomic E-state index is 5.94. The van der Waals surface area contributed by atoms with E-state index in [1.807, 2.05) is 24.3 Å². The van der Waals surface area contributed by atoms with E-state index in [0.29, 0.717) is 12.1 Å². The van der Waals surface area contributed by atoms with Gasteiger partial charge in [0.05, 0.1) is 12.1 Å². The van der Waals surface area contributed by atoms with E-state index in [2.05, 4.69) is 74.2 Å². The van der Waals surface area contributed by atoms with Crippen molar-refractivity contribution < 1.29 is 0 Å². The molecule has 1 heterocycles. The fraction of sp³-hybridized carbons (Fsp3) is 0.308. The largest absolute Gasteiger partial charge is 0.399 e. The van der Waals surface area contributed by atoms with Gasteiger partial charge in [0.15, 0.2) is 0 Å². The second kappa shape index (κ2) is 7.47. The highest BCUT2D eigenvalue weighted by Gasteiger charge is 2.35. The van der Waals surface area contributed by atoms with Gasteiger partial charge in [-0.15, -0.1) is 0 Å². The van der Waals surface area contributed by atoms with E-state index in [1.165, 1.54) is 22.4 Å². The Morgan fingerprint density at radius 3 is 1.45 bits per heavy atom. The van der Waals surface area contributed by atoms with Gasteiger partial charge in [-0.3, -0.25) is 0 Å².